The van der Waals surface area contributed by atoms with Crippen molar-refractivity contribution in [3.63, 3.8) is 0 Å². The minimum Gasteiger partial charge on any atom is -0.455 e. The van der Waals surface area contributed by atoms with Gasteiger partial charge in [0.25, 0.3) is 0 Å². The smallest absolute Gasteiger partial charge is 0.306 e. The Balaban J connectivity index is 1.28. The summed E-state index contributed by atoms with van der Waals surface area (Å²) in [4.78, 5) is 15.8. The van der Waals surface area contributed by atoms with Crippen LogP contribution in [0.4, 0.5) is 0 Å². The molecule has 0 aromatic carbocycles. The predicted molar refractivity (Wildman–Crippen MR) is 161 cm³/mol. The molecule has 0 aromatic heterocycles. The molecule has 2 saturated heterocycles. The predicted octanol–water partition coefficient (Wildman–Crippen LogP) is 6.57. The maximum atomic E-state index is 13.1. The first-order chi connectivity index (χ1) is 19.2. The van der Waals surface area contributed by atoms with E-state index in [2.05, 4.69) is 32.7 Å². The van der Waals surface area contributed by atoms with Gasteiger partial charge in [-0.2, -0.15) is 0 Å². The standard InChI is InChI=1S/C35H61N2O3/c1-5-13-32(39)40-33-30(37(4)20-11-6-7-12-21-37)23-28-26-15-14-25-22-31(38)29(36-18-9-8-10-19-36)24-35(25,3)27(26)16-17-34(28,33)2/h25-31,33,38H,5-24H2,1-4H3/q+1/t25?,26-,27-,28+,29?,30?,31?,33?,34+,35+/m1/s1. The molecule has 5 nitrogen and oxygen atoms in total. The minimum absolute atomic E-state index is 0.0456. The molecule has 6 fully saturated rings. The molecule has 5 unspecified atom stereocenters. The van der Waals surface area contributed by atoms with Crippen LogP contribution in [0.5, 0.6) is 0 Å². The zero-order valence-corrected chi connectivity index (χ0v) is 26.4. The summed E-state index contributed by atoms with van der Waals surface area (Å²) in [5.41, 5.74) is 0.436. The summed E-state index contributed by atoms with van der Waals surface area (Å²) in [6.45, 7) is 12.1. The maximum Gasteiger partial charge on any atom is 0.306 e. The fourth-order valence-corrected chi connectivity index (χ4v) is 11.8. The van der Waals surface area contributed by atoms with Crippen molar-refractivity contribution in [3.05, 3.63) is 0 Å². The van der Waals surface area contributed by atoms with Crippen molar-refractivity contribution in [2.45, 2.75) is 148 Å². The fraction of sp³-hybridized carbons (Fsp3) is 0.971. The van der Waals surface area contributed by atoms with Gasteiger partial charge >= 0.3 is 5.97 Å². The average molecular weight is 558 g/mol. The largest absolute Gasteiger partial charge is 0.455 e. The molecule has 5 heteroatoms. The molecular formula is C35H61N2O3+. The van der Waals surface area contributed by atoms with Gasteiger partial charge in [-0.15, -0.1) is 0 Å². The van der Waals surface area contributed by atoms with Crippen LogP contribution in [0.15, 0.2) is 0 Å². The Bertz CT molecular complexity index is 895. The third kappa shape index (κ3) is 5.00. The summed E-state index contributed by atoms with van der Waals surface area (Å²) in [6, 6.07) is 0.807. The molecule has 2 heterocycles. The van der Waals surface area contributed by atoms with Gasteiger partial charge in [0.2, 0.25) is 0 Å². The molecule has 6 rings (SSSR count). The zero-order chi connectivity index (χ0) is 28.1. The maximum absolute atomic E-state index is 13.1. The van der Waals surface area contributed by atoms with Crippen LogP contribution in [-0.4, -0.2) is 78.0 Å². The van der Waals surface area contributed by atoms with Gasteiger partial charge in [0, 0.05) is 24.3 Å². The van der Waals surface area contributed by atoms with Crippen molar-refractivity contribution in [3.8, 4) is 0 Å². The Hall–Kier alpha value is -0.650. The van der Waals surface area contributed by atoms with Gasteiger partial charge in [0.15, 0.2) is 6.10 Å². The number of rotatable bonds is 5. The molecule has 1 N–H and O–H groups in total. The second-order valence-corrected chi connectivity index (χ2v) is 16.2. The van der Waals surface area contributed by atoms with Crippen molar-refractivity contribution >= 4 is 5.97 Å². The minimum atomic E-state index is -0.146. The highest BCUT2D eigenvalue weighted by atomic mass is 16.5. The number of aliphatic hydroxyl groups excluding tert-OH is 1. The van der Waals surface area contributed by atoms with Gasteiger partial charge in [-0.05, 0) is 126 Å². The van der Waals surface area contributed by atoms with Crippen LogP contribution in [0.1, 0.15) is 124 Å². The zero-order valence-electron chi connectivity index (χ0n) is 26.4. The number of aliphatic hydroxyl groups is 1. The molecule has 0 spiro atoms. The molecule has 0 amide bonds. The molecule has 4 aliphatic carbocycles. The third-order valence-corrected chi connectivity index (χ3v) is 14.1. The number of nitrogens with zero attached hydrogens (tertiary/aromatic N) is 2. The molecule has 4 saturated carbocycles. The van der Waals surface area contributed by atoms with Crippen LogP contribution in [0, 0.1) is 34.5 Å². The first kappa shape index (κ1) is 29.4. The topological polar surface area (TPSA) is 49.8 Å². The lowest BCUT2D eigenvalue weighted by atomic mass is 9.44. The van der Waals surface area contributed by atoms with Crippen LogP contribution < -0.4 is 0 Å². The Morgan fingerprint density at radius 1 is 0.925 bits per heavy atom. The Labute approximate surface area is 245 Å². The van der Waals surface area contributed by atoms with Gasteiger partial charge < -0.3 is 14.3 Å². The SMILES string of the molecule is CCCC(=O)OC1C([N+]2(C)CCCCCC2)C[C@H]2[C@@H]3CCC4CC(O)C(N5CCCCC5)C[C@]4(C)[C@@H]3CC[C@]12C. The molecule has 40 heavy (non-hydrogen) atoms. The van der Waals surface area contributed by atoms with E-state index in [-0.39, 0.29) is 23.6 Å². The number of hydrogen-bond acceptors (Lipinski definition) is 4. The third-order valence-electron chi connectivity index (χ3n) is 14.1. The summed E-state index contributed by atoms with van der Waals surface area (Å²) in [5.74, 6) is 2.87. The van der Waals surface area contributed by atoms with E-state index in [0.29, 0.717) is 35.8 Å². The summed E-state index contributed by atoms with van der Waals surface area (Å²) in [7, 11) is 2.51. The van der Waals surface area contributed by atoms with Crippen LogP contribution in [0.2, 0.25) is 0 Å². The number of likely N-dealkylation sites (tertiary alicyclic amines) is 2. The second kappa shape index (κ2) is 11.5. The number of carbonyl (C=O) groups excluding carboxylic acids is 1. The van der Waals surface area contributed by atoms with Crippen molar-refractivity contribution in [2.75, 3.05) is 33.2 Å². The van der Waals surface area contributed by atoms with E-state index in [1.54, 1.807) is 0 Å². The normalized spacial score (nSPS) is 47.4. The van der Waals surface area contributed by atoms with E-state index >= 15 is 0 Å². The molecule has 6 aliphatic rings. The van der Waals surface area contributed by atoms with Gasteiger partial charge in [-0.25, -0.2) is 0 Å². The lowest BCUT2D eigenvalue weighted by Gasteiger charge is -2.62. The van der Waals surface area contributed by atoms with Crippen LogP contribution in [-0.2, 0) is 9.53 Å². The van der Waals surface area contributed by atoms with Gasteiger partial charge in [0.1, 0.15) is 6.04 Å². The monoisotopic (exact) mass is 557 g/mol. The first-order valence-corrected chi connectivity index (χ1v) is 17.7. The van der Waals surface area contributed by atoms with E-state index < -0.39 is 0 Å². The van der Waals surface area contributed by atoms with Crippen molar-refractivity contribution in [1.82, 2.24) is 4.90 Å². The van der Waals surface area contributed by atoms with E-state index in [9.17, 15) is 9.90 Å². The van der Waals surface area contributed by atoms with Crippen LogP contribution >= 0.6 is 0 Å². The van der Waals surface area contributed by atoms with E-state index in [0.717, 1.165) is 29.2 Å². The van der Waals surface area contributed by atoms with Crippen molar-refractivity contribution in [1.29, 1.82) is 0 Å². The first-order valence-electron chi connectivity index (χ1n) is 17.7. The lowest BCUT2D eigenvalue weighted by molar-refractivity contribution is -0.935. The molecule has 2 aliphatic heterocycles. The summed E-state index contributed by atoms with van der Waals surface area (Å²) < 4.78 is 7.75. The number of likely N-dealkylation sites (N-methyl/N-ethyl adjacent to an activating group) is 1. The summed E-state index contributed by atoms with van der Waals surface area (Å²) in [5, 5.41) is 11.4. The van der Waals surface area contributed by atoms with Gasteiger partial charge in [0.05, 0.1) is 26.2 Å². The van der Waals surface area contributed by atoms with Gasteiger partial charge in [-0.3, -0.25) is 9.69 Å². The molecule has 0 aromatic rings. The number of hydrogen-bond donors (Lipinski definition) is 1. The molecule has 0 bridgehead atoms. The number of piperidine rings is 1. The van der Waals surface area contributed by atoms with Crippen molar-refractivity contribution in [2.24, 2.45) is 34.5 Å². The quantitative estimate of drug-likeness (QED) is 0.307. The molecular weight excluding hydrogens is 496 g/mol. The Kier molecular flexibility index (Phi) is 8.42. The highest BCUT2D eigenvalue weighted by Gasteiger charge is 2.67. The number of ether oxygens (including phenoxy) is 1. The van der Waals surface area contributed by atoms with Crippen molar-refractivity contribution < 1.29 is 19.1 Å². The van der Waals surface area contributed by atoms with Gasteiger partial charge in [-0.1, -0.05) is 27.2 Å². The number of carbonyl (C=O) groups is 1. The Morgan fingerprint density at radius 3 is 2.33 bits per heavy atom. The lowest BCUT2D eigenvalue weighted by Crippen LogP contribution is -2.61. The molecule has 228 valence electrons. The fourth-order valence-electron chi connectivity index (χ4n) is 11.8. The second-order valence-electron chi connectivity index (χ2n) is 16.2. The summed E-state index contributed by atoms with van der Waals surface area (Å²) >= 11 is 0. The average Bonchev–Trinajstić information content (AvgIpc) is 3.07. The number of fused-ring (bicyclic) bond motifs is 5. The van der Waals surface area contributed by atoms with E-state index in [1.807, 2.05) is 0 Å². The van der Waals surface area contributed by atoms with Crippen LogP contribution in [0.25, 0.3) is 0 Å². The number of quaternary nitrogens is 1. The highest BCUT2D eigenvalue weighted by Crippen LogP contribution is 2.67. The molecule has 10 atom stereocenters. The Morgan fingerprint density at radius 2 is 1.62 bits per heavy atom. The highest BCUT2D eigenvalue weighted by molar-refractivity contribution is 5.69. The number of esters is 1. The van der Waals surface area contributed by atoms with Crippen LogP contribution in [0.3, 0.4) is 0 Å². The van der Waals surface area contributed by atoms with E-state index in [1.165, 1.54) is 110 Å². The summed E-state index contributed by atoms with van der Waals surface area (Å²) in [6.07, 6.45) is 19.2. The van der Waals surface area contributed by atoms with E-state index in [4.69, 9.17) is 4.74 Å². The molecule has 0 radical (unpaired) electrons.